The zero-order valence-corrected chi connectivity index (χ0v) is 12.3. The third-order valence-corrected chi connectivity index (χ3v) is 4.89. The summed E-state index contributed by atoms with van der Waals surface area (Å²) >= 11 is 0. The van der Waals surface area contributed by atoms with Gasteiger partial charge in [0.1, 0.15) is 0 Å². The van der Waals surface area contributed by atoms with Crippen molar-refractivity contribution in [1.29, 1.82) is 0 Å². The van der Waals surface area contributed by atoms with E-state index in [0.29, 0.717) is 31.3 Å². The Hall–Kier alpha value is -0.425. The SMILES string of the molecule is C[C@@H](NCC(=O)C1CC[C@H](B(O)O)N1)C1CCCCC1. The number of Topliss-reactive ketones (excluding diaryl/α,β-unsaturated/α-hetero) is 1. The number of carbonyl (C=O) groups excluding carboxylic acids is 1. The van der Waals surface area contributed by atoms with Gasteiger partial charge in [-0.05, 0) is 38.5 Å². The molecule has 1 aliphatic carbocycles. The van der Waals surface area contributed by atoms with Crippen molar-refractivity contribution in [2.45, 2.75) is 69.9 Å². The molecule has 1 saturated heterocycles. The lowest BCUT2D eigenvalue weighted by Gasteiger charge is -2.28. The van der Waals surface area contributed by atoms with E-state index < -0.39 is 7.12 Å². The molecule has 5 nitrogen and oxygen atoms in total. The summed E-state index contributed by atoms with van der Waals surface area (Å²) in [5, 5.41) is 24.6. The van der Waals surface area contributed by atoms with Crippen LogP contribution in [-0.4, -0.2) is 47.5 Å². The van der Waals surface area contributed by atoms with E-state index in [4.69, 9.17) is 10.0 Å². The largest absolute Gasteiger partial charge is 0.469 e. The Bertz CT molecular complexity index is 322. The van der Waals surface area contributed by atoms with Crippen LogP contribution < -0.4 is 10.6 Å². The molecule has 4 N–H and O–H groups in total. The molecule has 1 heterocycles. The molecule has 0 radical (unpaired) electrons. The molecule has 0 bridgehead atoms. The maximum absolute atomic E-state index is 12.1. The van der Waals surface area contributed by atoms with Crippen LogP contribution in [0.15, 0.2) is 0 Å². The number of nitrogens with one attached hydrogen (secondary N) is 2. The van der Waals surface area contributed by atoms with Crippen molar-refractivity contribution in [1.82, 2.24) is 10.6 Å². The monoisotopic (exact) mass is 282 g/mol. The summed E-state index contributed by atoms with van der Waals surface area (Å²) in [5.41, 5.74) is 0. The molecule has 6 heteroatoms. The van der Waals surface area contributed by atoms with Crippen LogP contribution in [0.5, 0.6) is 0 Å². The highest BCUT2D eigenvalue weighted by molar-refractivity contribution is 6.43. The molecule has 2 rings (SSSR count). The van der Waals surface area contributed by atoms with Crippen molar-refractivity contribution < 1.29 is 14.8 Å². The van der Waals surface area contributed by atoms with Crippen LogP contribution in [0.3, 0.4) is 0 Å². The van der Waals surface area contributed by atoms with Gasteiger partial charge in [-0.25, -0.2) is 0 Å². The molecule has 114 valence electrons. The van der Waals surface area contributed by atoms with Crippen molar-refractivity contribution in [2.75, 3.05) is 6.54 Å². The Balaban J connectivity index is 1.69. The molecule has 0 amide bonds. The first kappa shape index (κ1) is 16.0. The quantitative estimate of drug-likeness (QED) is 0.525. The highest BCUT2D eigenvalue weighted by Crippen LogP contribution is 2.26. The first-order valence-electron chi connectivity index (χ1n) is 7.96. The topological polar surface area (TPSA) is 81.6 Å². The van der Waals surface area contributed by atoms with Crippen molar-refractivity contribution in [3.8, 4) is 0 Å². The molecule has 0 aromatic carbocycles. The van der Waals surface area contributed by atoms with Crippen LogP contribution >= 0.6 is 0 Å². The minimum atomic E-state index is -1.37. The van der Waals surface area contributed by atoms with E-state index in [1.54, 1.807) is 0 Å². The molecule has 0 aromatic rings. The molecule has 3 atom stereocenters. The first-order valence-corrected chi connectivity index (χ1v) is 7.96. The van der Waals surface area contributed by atoms with Crippen molar-refractivity contribution in [2.24, 2.45) is 5.92 Å². The van der Waals surface area contributed by atoms with E-state index in [1.165, 1.54) is 32.1 Å². The predicted molar refractivity (Wildman–Crippen MR) is 79.2 cm³/mol. The fourth-order valence-corrected chi connectivity index (χ4v) is 3.45. The second-order valence-electron chi connectivity index (χ2n) is 6.35. The van der Waals surface area contributed by atoms with Crippen LogP contribution in [-0.2, 0) is 4.79 Å². The van der Waals surface area contributed by atoms with E-state index in [1.807, 2.05) is 0 Å². The second-order valence-corrected chi connectivity index (χ2v) is 6.35. The number of hydrogen-bond acceptors (Lipinski definition) is 5. The molecule has 1 saturated carbocycles. The van der Waals surface area contributed by atoms with Crippen molar-refractivity contribution >= 4 is 12.9 Å². The Morgan fingerprint density at radius 3 is 2.55 bits per heavy atom. The summed E-state index contributed by atoms with van der Waals surface area (Å²) in [6.45, 7) is 2.55. The zero-order valence-electron chi connectivity index (χ0n) is 12.3. The molecule has 2 fully saturated rings. The van der Waals surface area contributed by atoms with Gasteiger partial charge in [-0.3, -0.25) is 4.79 Å². The minimum Gasteiger partial charge on any atom is -0.426 e. The number of hydrogen-bond donors (Lipinski definition) is 4. The highest BCUT2D eigenvalue weighted by Gasteiger charge is 2.35. The number of rotatable bonds is 6. The van der Waals surface area contributed by atoms with Gasteiger partial charge in [0, 0.05) is 12.0 Å². The number of carbonyl (C=O) groups is 1. The first-order chi connectivity index (χ1) is 9.58. The lowest BCUT2D eigenvalue weighted by Crippen LogP contribution is -2.47. The van der Waals surface area contributed by atoms with Crippen molar-refractivity contribution in [3.05, 3.63) is 0 Å². The molecular weight excluding hydrogens is 255 g/mol. The second kappa shape index (κ2) is 7.55. The molecule has 0 aromatic heterocycles. The molecule has 20 heavy (non-hydrogen) atoms. The molecule has 1 aliphatic heterocycles. The summed E-state index contributed by atoms with van der Waals surface area (Å²) in [5.74, 6) is 0.468. The van der Waals surface area contributed by atoms with Crippen LogP contribution in [0.1, 0.15) is 51.9 Å². The fraction of sp³-hybridized carbons (Fsp3) is 0.929. The maximum Gasteiger partial charge on any atom is 0.469 e. The summed E-state index contributed by atoms with van der Waals surface area (Å²) in [6, 6.07) is 0.160. The van der Waals surface area contributed by atoms with Crippen LogP contribution in [0, 0.1) is 5.92 Å². The minimum absolute atomic E-state index is 0.135. The van der Waals surface area contributed by atoms with Gasteiger partial charge in [0.25, 0.3) is 0 Å². The Morgan fingerprint density at radius 1 is 1.25 bits per heavy atom. The van der Waals surface area contributed by atoms with E-state index in [0.717, 1.165) is 0 Å². The highest BCUT2D eigenvalue weighted by atomic mass is 16.4. The van der Waals surface area contributed by atoms with E-state index in [-0.39, 0.29) is 17.8 Å². The Morgan fingerprint density at radius 2 is 1.95 bits per heavy atom. The third-order valence-electron chi connectivity index (χ3n) is 4.89. The zero-order chi connectivity index (χ0) is 14.5. The van der Waals surface area contributed by atoms with Gasteiger partial charge in [-0.1, -0.05) is 19.3 Å². The normalized spacial score (nSPS) is 29.4. The third kappa shape index (κ3) is 4.28. The van der Waals surface area contributed by atoms with E-state index in [2.05, 4.69) is 17.6 Å². The van der Waals surface area contributed by atoms with Gasteiger partial charge >= 0.3 is 7.12 Å². The standard InChI is InChI=1S/C14H27BN2O3/c1-10(11-5-3-2-4-6-11)16-9-13(18)12-7-8-14(17-12)15(19)20/h10-12,14,16-17,19-20H,2-9H2,1H3/t10-,12?,14-/m1/s1. The van der Waals surface area contributed by atoms with E-state index in [9.17, 15) is 4.79 Å². The smallest absolute Gasteiger partial charge is 0.426 e. The lowest BCUT2D eigenvalue weighted by atomic mass is 9.79. The Labute approximate surface area is 121 Å². The summed E-state index contributed by atoms with van der Waals surface area (Å²) in [4.78, 5) is 12.1. The summed E-state index contributed by atoms with van der Waals surface area (Å²) in [7, 11) is -1.37. The fourth-order valence-electron chi connectivity index (χ4n) is 3.45. The average molecular weight is 282 g/mol. The van der Waals surface area contributed by atoms with Gasteiger partial charge in [-0.2, -0.15) is 0 Å². The van der Waals surface area contributed by atoms with Crippen LogP contribution in [0.25, 0.3) is 0 Å². The van der Waals surface area contributed by atoms with Crippen LogP contribution in [0.2, 0.25) is 0 Å². The average Bonchev–Trinajstić information content (AvgIpc) is 2.95. The number of ketones is 1. The van der Waals surface area contributed by atoms with Gasteiger partial charge in [0.05, 0.1) is 12.6 Å². The maximum atomic E-state index is 12.1. The molecular formula is C14H27BN2O3. The summed E-state index contributed by atoms with van der Waals surface area (Å²) in [6.07, 6.45) is 7.84. The molecule has 2 aliphatic rings. The summed E-state index contributed by atoms with van der Waals surface area (Å²) < 4.78 is 0. The van der Waals surface area contributed by atoms with Gasteiger partial charge in [0.2, 0.25) is 0 Å². The van der Waals surface area contributed by atoms with Gasteiger partial charge < -0.3 is 20.7 Å². The van der Waals surface area contributed by atoms with Gasteiger partial charge in [-0.15, -0.1) is 0 Å². The van der Waals surface area contributed by atoms with Crippen LogP contribution in [0.4, 0.5) is 0 Å². The van der Waals surface area contributed by atoms with Crippen molar-refractivity contribution in [3.63, 3.8) is 0 Å². The Kier molecular flexibility index (Phi) is 6.02. The van der Waals surface area contributed by atoms with Gasteiger partial charge in [0.15, 0.2) is 5.78 Å². The predicted octanol–water partition coefficient (Wildman–Crippen LogP) is 0.246. The molecule has 0 spiro atoms. The molecule has 1 unspecified atom stereocenters. The lowest BCUT2D eigenvalue weighted by molar-refractivity contribution is -0.120. The van der Waals surface area contributed by atoms with E-state index >= 15 is 0 Å².